The zero-order valence-electron chi connectivity index (χ0n) is 19.9. The summed E-state index contributed by atoms with van der Waals surface area (Å²) >= 11 is 11.1. The minimum absolute atomic E-state index is 0.0353. The molecule has 1 amide bonds. The maximum atomic E-state index is 13.6. The molecule has 0 radical (unpaired) electrons. The number of anilines is 1. The van der Waals surface area contributed by atoms with Crippen LogP contribution in [0.4, 0.5) is 10.2 Å². The van der Waals surface area contributed by atoms with Gasteiger partial charge in [0.1, 0.15) is 17.2 Å². The number of aryl methyl sites for hydroxylation is 1. The summed E-state index contributed by atoms with van der Waals surface area (Å²) in [5, 5.41) is 7.05. The van der Waals surface area contributed by atoms with E-state index < -0.39 is 21.8 Å². The number of nitrogens with two attached hydrogens (primary N) is 1. The minimum Gasteiger partial charge on any atom is -0.383 e. The third-order valence-electron chi connectivity index (χ3n) is 6.69. The lowest BCUT2D eigenvalue weighted by Crippen LogP contribution is -2.35. The van der Waals surface area contributed by atoms with Gasteiger partial charge in [0.2, 0.25) is 10.0 Å². The number of nitrogens with one attached hydrogen (secondary N) is 2. The summed E-state index contributed by atoms with van der Waals surface area (Å²) in [7, 11) is -1.65. The van der Waals surface area contributed by atoms with Gasteiger partial charge < -0.3 is 11.1 Å². The summed E-state index contributed by atoms with van der Waals surface area (Å²) in [6.07, 6.45) is 6.07. The standard InChI is InChI=1S/C23H32Cl2FN5O3S/c1-13(5-6-19(26)14(2)25)28-23(32)20-21(29-31(3)22(20)27)17-9-15-11-18(12-16(15)10-17)30-35(33,34)8-4-7-24/h5-6,15-18,30H,2,4,7-12,27H2,1,3H3,(H,28,32)/b13-5+,19-6+. The van der Waals surface area contributed by atoms with Crippen molar-refractivity contribution in [2.24, 2.45) is 18.9 Å². The van der Waals surface area contributed by atoms with Gasteiger partial charge in [-0.15, -0.1) is 11.6 Å². The topological polar surface area (TPSA) is 119 Å². The lowest BCUT2D eigenvalue weighted by molar-refractivity contribution is 0.0965. The highest BCUT2D eigenvalue weighted by Crippen LogP contribution is 2.51. The molecule has 2 aliphatic carbocycles. The molecule has 3 rings (SSSR count). The van der Waals surface area contributed by atoms with Crippen LogP contribution in [0.2, 0.25) is 0 Å². The van der Waals surface area contributed by atoms with Crippen LogP contribution in [-0.4, -0.2) is 41.8 Å². The molecule has 2 atom stereocenters. The van der Waals surface area contributed by atoms with Crippen molar-refractivity contribution >= 4 is 45.0 Å². The number of carbonyl (C=O) groups is 1. The first-order chi connectivity index (χ1) is 16.4. The third-order valence-corrected chi connectivity index (χ3v) is 8.66. The maximum absolute atomic E-state index is 13.6. The lowest BCUT2D eigenvalue weighted by Gasteiger charge is -2.16. The van der Waals surface area contributed by atoms with Gasteiger partial charge in [0.15, 0.2) is 0 Å². The molecule has 35 heavy (non-hydrogen) atoms. The molecule has 4 N–H and O–H groups in total. The second-order valence-electron chi connectivity index (χ2n) is 9.33. The highest BCUT2D eigenvalue weighted by Gasteiger charge is 2.45. The Morgan fingerprint density at radius 1 is 1.29 bits per heavy atom. The van der Waals surface area contributed by atoms with E-state index in [0.29, 0.717) is 41.1 Å². The number of sulfonamides is 1. The van der Waals surface area contributed by atoms with E-state index >= 15 is 0 Å². The number of rotatable bonds is 10. The minimum atomic E-state index is -3.34. The van der Waals surface area contributed by atoms with E-state index in [9.17, 15) is 17.6 Å². The van der Waals surface area contributed by atoms with Crippen molar-refractivity contribution in [1.82, 2.24) is 19.8 Å². The van der Waals surface area contributed by atoms with Gasteiger partial charge in [0, 0.05) is 30.6 Å². The van der Waals surface area contributed by atoms with Crippen molar-refractivity contribution in [2.75, 3.05) is 17.4 Å². The summed E-state index contributed by atoms with van der Waals surface area (Å²) in [4.78, 5) is 13.1. The number of halogens is 3. The molecule has 0 aliphatic heterocycles. The molecule has 0 saturated heterocycles. The average Bonchev–Trinajstić information content (AvgIpc) is 3.41. The second-order valence-corrected chi connectivity index (χ2v) is 12.0. The first-order valence-electron chi connectivity index (χ1n) is 11.5. The van der Waals surface area contributed by atoms with Gasteiger partial charge in [0.25, 0.3) is 5.91 Å². The van der Waals surface area contributed by atoms with Crippen LogP contribution in [-0.2, 0) is 17.1 Å². The molecule has 2 saturated carbocycles. The van der Waals surface area contributed by atoms with E-state index in [1.165, 1.54) is 10.8 Å². The molecule has 0 spiro atoms. The summed E-state index contributed by atoms with van der Waals surface area (Å²) in [6.45, 7) is 4.93. The number of hydrogen-bond acceptors (Lipinski definition) is 5. The van der Waals surface area contributed by atoms with Crippen LogP contribution in [0.3, 0.4) is 0 Å². The van der Waals surface area contributed by atoms with Gasteiger partial charge in [-0.3, -0.25) is 9.48 Å². The van der Waals surface area contributed by atoms with Gasteiger partial charge in [-0.05, 0) is 63.0 Å². The number of alkyl halides is 1. The van der Waals surface area contributed by atoms with Crippen LogP contribution in [0.25, 0.3) is 0 Å². The number of carbonyl (C=O) groups excluding carboxylic acids is 1. The molecule has 194 valence electrons. The van der Waals surface area contributed by atoms with Crippen LogP contribution in [0.1, 0.15) is 61.0 Å². The quantitative estimate of drug-likeness (QED) is 0.301. The van der Waals surface area contributed by atoms with Crippen molar-refractivity contribution in [3.8, 4) is 0 Å². The Morgan fingerprint density at radius 2 is 1.91 bits per heavy atom. The van der Waals surface area contributed by atoms with E-state index in [-0.39, 0.29) is 28.6 Å². The second kappa shape index (κ2) is 11.5. The van der Waals surface area contributed by atoms with E-state index in [2.05, 4.69) is 21.7 Å². The molecular weight excluding hydrogens is 516 g/mol. The van der Waals surface area contributed by atoms with Crippen LogP contribution < -0.4 is 15.8 Å². The largest absolute Gasteiger partial charge is 0.383 e. The molecule has 2 fully saturated rings. The Balaban J connectivity index is 1.68. The van der Waals surface area contributed by atoms with E-state index in [1.807, 2.05) is 0 Å². The molecule has 2 aliphatic rings. The third kappa shape index (κ3) is 6.87. The SMILES string of the molecule is C=C(Cl)/C(F)=C\C=C(/C)NC(=O)c1c(C2CC3CC(NS(=O)(=O)CCCCl)CC3C2)nn(C)c1N. The van der Waals surface area contributed by atoms with Crippen LogP contribution in [0.15, 0.2) is 35.3 Å². The maximum Gasteiger partial charge on any atom is 0.261 e. The van der Waals surface area contributed by atoms with E-state index in [4.69, 9.17) is 28.9 Å². The fourth-order valence-electron chi connectivity index (χ4n) is 5.14. The molecule has 1 aromatic heterocycles. The molecule has 1 heterocycles. The molecule has 0 aromatic carbocycles. The van der Waals surface area contributed by atoms with Crippen molar-refractivity contribution in [2.45, 2.75) is 51.0 Å². The first-order valence-corrected chi connectivity index (χ1v) is 14.1. The Bertz CT molecular complexity index is 1130. The molecule has 8 nitrogen and oxygen atoms in total. The summed E-state index contributed by atoms with van der Waals surface area (Å²) in [5.74, 6) is 0.226. The van der Waals surface area contributed by atoms with Gasteiger partial charge in [-0.25, -0.2) is 17.5 Å². The van der Waals surface area contributed by atoms with E-state index in [0.717, 1.165) is 31.8 Å². The summed E-state index contributed by atoms with van der Waals surface area (Å²) in [6, 6.07) is -0.0758. The highest BCUT2D eigenvalue weighted by atomic mass is 35.5. The first kappa shape index (κ1) is 27.7. The molecule has 0 bridgehead atoms. The van der Waals surface area contributed by atoms with E-state index in [1.54, 1.807) is 14.0 Å². The average molecular weight is 549 g/mol. The Kier molecular flexibility index (Phi) is 9.06. The number of amides is 1. The number of nitrogens with zero attached hydrogens (tertiary/aromatic N) is 2. The molecular formula is C23H32Cl2FN5O3S. The molecule has 12 heteroatoms. The summed E-state index contributed by atoms with van der Waals surface area (Å²) in [5.41, 5.74) is 7.55. The van der Waals surface area contributed by atoms with Crippen molar-refractivity contribution < 1.29 is 17.6 Å². The van der Waals surface area contributed by atoms with Crippen molar-refractivity contribution in [1.29, 1.82) is 0 Å². The Hall–Kier alpha value is -1.88. The number of hydrogen-bond donors (Lipinski definition) is 3. The molecule has 2 unspecified atom stereocenters. The van der Waals surface area contributed by atoms with Crippen LogP contribution in [0.5, 0.6) is 0 Å². The lowest BCUT2D eigenvalue weighted by atomic mass is 9.95. The Morgan fingerprint density at radius 3 is 2.49 bits per heavy atom. The van der Waals surface area contributed by atoms with Gasteiger partial charge in [-0.1, -0.05) is 18.2 Å². The van der Waals surface area contributed by atoms with Crippen molar-refractivity contribution in [3.05, 3.63) is 46.5 Å². The predicted octanol–water partition coefficient (Wildman–Crippen LogP) is 4.06. The van der Waals surface area contributed by atoms with Crippen LogP contribution >= 0.6 is 23.2 Å². The highest BCUT2D eigenvalue weighted by molar-refractivity contribution is 7.89. The fourth-order valence-corrected chi connectivity index (χ4v) is 6.84. The predicted molar refractivity (Wildman–Crippen MR) is 137 cm³/mol. The van der Waals surface area contributed by atoms with Crippen LogP contribution in [0, 0.1) is 11.8 Å². The Labute approximate surface area is 215 Å². The summed E-state index contributed by atoms with van der Waals surface area (Å²) < 4.78 is 42.3. The molecule has 1 aromatic rings. The van der Waals surface area contributed by atoms with Gasteiger partial charge in [-0.2, -0.15) is 5.10 Å². The smallest absolute Gasteiger partial charge is 0.261 e. The van der Waals surface area contributed by atoms with Gasteiger partial charge >= 0.3 is 0 Å². The normalized spacial score (nSPS) is 25.1. The number of aromatic nitrogens is 2. The number of fused-ring (bicyclic) bond motifs is 1. The zero-order chi connectivity index (χ0) is 25.9. The monoisotopic (exact) mass is 547 g/mol. The van der Waals surface area contributed by atoms with Crippen molar-refractivity contribution in [3.63, 3.8) is 0 Å². The number of allylic oxidation sites excluding steroid dienone is 5. The van der Waals surface area contributed by atoms with Gasteiger partial charge in [0.05, 0.1) is 16.5 Å². The zero-order valence-corrected chi connectivity index (χ0v) is 22.2. The fraction of sp³-hybridized carbons (Fsp3) is 0.565. The number of nitrogen functional groups attached to an aromatic ring is 1.